The third-order valence-electron chi connectivity index (χ3n) is 5.91. The van der Waals surface area contributed by atoms with Crippen LogP contribution in [0, 0.1) is 0 Å². The number of aryl methyl sites for hydroxylation is 1. The Hall–Kier alpha value is -3.00. The fourth-order valence-corrected chi connectivity index (χ4v) is 4.76. The molecule has 2 heterocycles. The standard InChI is InChI=1S/C24H20N2/c1-2-8-16(9-3-1)26-23-13-7-5-11-18(23)20-14-19-17-10-4-6-12-21(17)25-22(19)15-24(20)26/h1-4,6,8-10,12,14-15,25H,5,7,11,13H2. The summed E-state index contributed by atoms with van der Waals surface area (Å²) in [6, 6.07) is 24.2. The lowest BCUT2D eigenvalue weighted by Gasteiger charge is -2.16. The molecule has 2 heteroatoms. The van der Waals surface area contributed by atoms with Gasteiger partial charge in [0.15, 0.2) is 0 Å². The molecule has 5 aromatic rings. The lowest BCUT2D eigenvalue weighted by molar-refractivity contribution is 0.667. The molecule has 0 saturated heterocycles. The average Bonchev–Trinajstić information content (AvgIpc) is 3.22. The van der Waals surface area contributed by atoms with E-state index in [-0.39, 0.29) is 0 Å². The van der Waals surface area contributed by atoms with E-state index in [0.717, 1.165) is 0 Å². The lowest BCUT2D eigenvalue weighted by atomic mass is 9.95. The topological polar surface area (TPSA) is 20.7 Å². The van der Waals surface area contributed by atoms with Gasteiger partial charge >= 0.3 is 0 Å². The minimum atomic E-state index is 1.17. The molecule has 126 valence electrons. The van der Waals surface area contributed by atoms with Gasteiger partial charge < -0.3 is 9.55 Å². The zero-order chi connectivity index (χ0) is 17.1. The summed E-state index contributed by atoms with van der Waals surface area (Å²) < 4.78 is 2.49. The van der Waals surface area contributed by atoms with Crippen molar-refractivity contribution in [2.24, 2.45) is 0 Å². The van der Waals surface area contributed by atoms with Crippen LogP contribution in [0.1, 0.15) is 24.1 Å². The Kier molecular flexibility index (Phi) is 2.87. The molecule has 3 aromatic carbocycles. The number of aromatic amines is 1. The van der Waals surface area contributed by atoms with Gasteiger partial charge in [0.25, 0.3) is 0 Å². The summed E-state index contributed by atoms with van der Waals surface area (Å²) >= 11 is 0. The molecule has 0 radical (unpaired) electrons. The summed E-state index contributed by atoms with van der Waals surface area (Å²) in [4.78, 5) is 3.62. The van der Waals surface area contributed by atoms with Crippen LogP contribution >= 0.6 is 0 Å². The number of H-pyrrole nitrogens is 1. The van der Waals surface area contributed by atoms with Crippen LogP contribution in [-0.4, -0.2) is 9.55 Å². The molecule has 2 nitrogen and oxygen atoms in total. The zero-order valence-corrected chi connectivity index (χ0v) is 14.6. The lowest BCUT2D eigenvalue weighted by Crippen LogP contribution is -2.06. The Bertz CT molecular complexity index is 1270. The smallest absolute Gasteiger partial charge is 0.0555 e. The molecule has 0 fully saturated rings. The van der Waals surface area contributed by atoms with Gasteiger partial charge in [-0.15, -0.1) is 0 Å². The van der Waals surface area contributed by atoms with E-state index < -0.39 is 0 Å². The number of hydrogen-bond donors (Lipinski definition) is 1. The van der Waals surface area contributed by atoms with Gasteiger partial charge in [-0.2, -0.15) is 0 Å². The van der Waals surface area contributed by atoms with Gasteiger partial charge in [0.05, 0.1) is 5.52 Å². The molecular weight excluding hydrogens is 316 g/mol. The van der Waals surface area contributed by atoms with E-state index in [4.69, 9.17) is 0 Å². The summed E-state index contributed by atoms with van der Waals surface area (Å²) in [6.45, 7) is 0. The van der Waals surface area contributed by atoms with Crippen molar-refractivity contribution in [3.05, 3.63) is 78.0 Å². The monoisotopic (exact) mass is 336 g/mol. The van der Waals surface area contributed by atoms with E-state index in [1.807, 2.05) is 0 Å². The van der Waals surface area contributed by atoms with E-state index in [9.17, 15) is 0 Å². The highest BCUT2D eigenvalue weighted by atomic mass is 15.0. The highest BCUT2D eigenvalue weighted by Gasteiger charge is 2.22. The predicted molar refractivity (Wildman–Crippen MR) is 109 cm³/mol. The highest BCUT2D eigenvalue weighted by molar-refractivity contribution is 6.12. The van der Waals surface area contributed by atoms with Gasteiger partial charge in [-0.05, 0) is 61.6 Å². The van der Waals surface area contributed by atoms with Crippen LogP contribution < -0.4 is 0 Å². The Balaban J connectivity index is 1.78. The molecule has 26 heavy (non-hydrogen) atoms. The number of nitrogens with zero attached hydrogens (tertiary/aromatic N) is 1. The summed E-state index contributed by atoms with van der Waals surface area (Å²) in [7, 11) is 0. The van der Waals surface area contributed by atoms with Crippen molar-refractivity contribution in [3.63, 3.8) is 0 Å². The third kappa shape index (κ3) is 1.87. The van der Waals surface area contributed by atoms with Crippen molar-refractivity contribution < 1.29 is 0 Å². The molecule has 0 bridgehead atoms. The van der Waals surface area contributed by atoms with E-state index >= 15 is 0 Å². The minimum Gasteiger partial charge on any atom is -0.354 e. The number of hydrogen-bond acceptors (Lipinski definition) is 0. The van der Waals surface area contributed by atoms with Crippen LogP contribution in [-0.2, 0) is 12.8 Å². The van der Waals surface area contributed by atoms with Gasteiger partial charge in [0.2, 0.25) is 0 Å². The summed E-state index contributed by atoms with van der Waals surface area (Å²) in [5, 5.41) is 4.09. The molecule has 2 aromatic heterocycles. The normalized spacial score (nSPS) is 14.3. The van der Waals surface area contributed by atoms with Crippen LogP contribution in [0.15, 0.2) is 66.7 Å². The molecule has 0 atom stereocenters. The Morgan fingerprint density at radius 2 is 1.50 bits per heavy atom. The van der Waals surface area contributed by atoms with Crippen LogP contribution in [0.4, 0.5) is 0 Å². The average molecular weight is 336 g/mol. The number of para-hydroxylation sites is 2. The van der Waals surface area contributed by atoms with Crippen LogP contribution in [0.5, 0.6) is 0 Å². The first-order valence-corrected chi connectivity index (χ1v) is 9.52. The maximum Gasteiger partial charge on any atom is 0.0555 e. The van der Waals surface area contributed by atoms with Crippen LogP contribution in [0.25, 0.3) is 38.4 Å². The van der Waals surface area contributed by atoms with Gasteiger partial charge in [0.1, 0.15) is 0 Å². The first kappa shape index (κ1) is 14.2. The second-order valence-electron chi connectivity index (χ2n) is 7.39. The van der Waals surface area contributed by atoms with Crippen molar-refractivity contribution >= 4 is 32.7 Å². The second-order valence-corrected chi connectivity index (χ2v) is 7.39. The van der Waals surface area contributed by atoms with Crippen molar-refractivity contribution in [2.75, 3.05) is 0 Å². The second kappa shape index (κ2) is 5.25. The molecule has 0 aliphatic heterocycles. The van der Waals surface area contributed by atoms with Gasteiger partial charge in [0, 0.05) is 38.6 Å². The molecule has 0 saturated carbocycles. The van der Waals surface area contributed by atoms with Crippen molar-refractivity contribution in [2.45, 2.75) is 25.7 Å². The molecule has 1 aliphatic rings. The molecule has 0 spiro atoms. The Morgan fingerprint density at radius 1 is 0.692 bits per heavy atom. The van der Waals surface area contributed by atoms with Gasteiger partial charge in [-0.25, -0.2) is 0 Å². The van der Waals surface area contributed by atoms with Crippen LogP contribution in [0.2, 0.25) is 0 Å². The van der Waals surface area contributed by atoms with Gasteiger partial charge in [-0.3, -0.25) is 0 Å². The van der Waals surface area contributed by atoms with E-state index in [2.05, 4.69) is 76.3 Å². The predicted octanol–water partition coefficient (Wildman–Crippen LogP) is 6.14. The largest absolute Gasteiger partial charge is 0.354 e. The zero-order valence-electron chi connectivity index (χ0n) is 14.6. The maximum atomic E-state index is 3.62. The molecule has 1 N–H and O–H groups in total. The molecule has 6 rings (SSSR count). The Labute approximate surface area is 152 Å². The van der Waals surface area contributed by atoms with Crippen LogP contribution in [0.3, 0.4) is 0 Å². The number of fused-ring (bicyclic) bond motifs is 6. The molecule has 0 amide bonds. The number of nitrogens with one attached hydrogen (secondary N) is 1. The fourth-order valence-electron chi connectivity index (χ4n) is 4.76. The van der Waals surface area contributed by atoms with Crippen molar-refractivity contribution in [1.82, 2.24) is 9.55 Å². The highest BCUT2D eigenvalue weighted by Crippen LogP contribution is 2.38. The van der Waals surface area contributed by atoms with E-state index in [1.54, 1.807) is 5.56 Å². The molecule has 0 unspecified atom stereocenters. The number of benzene rings is 3. The first-order valence-electron chi connectivity index (χ1n) is 9.52. The Morgan fingerprint density at radius 3 is 2.42 bits per heavy atom. The fraction of sp³-hybridized carbons (Fsp3) is 0.167. The first-order chi connectivity index (χ1) is 12.9. The summed E-state index contributed by atoms with van der Waals surface area (Å²) in [5.74, 6) is 0. The minimum absolute atomic E-state index is 1.17. The van der Waals surface area contributed by atoms with Gasteiger partial charge in [-0.1, -0.05) is 36.4 Å². The van der Waals surface area contributed by atoms with Crippen molar-refractivity contribution in [3.8, 4) is 5.69 Å². The third-order valence-corrected chi connectivity index (χ3v) is 5.91. The number of aromatic nitrogens is 2. The van der Waals surface area contributed by atoms with E-state index in [1.165, 1.54) is 69.8 Å². The summed E-state index contributed by atoms with van der Waals surface area (Å²) in [5.41, 5.74) is 8.12. The van der Waals surface area contributed by atoms with E-state index in [0.29, 0.717) is 0 Å². The maximum absolute atomic E-state index is 3.62. The molecule has 1 aliphatic carbocycles. The SMILES string of the molecule is c1ccc(-n2c3c(c4cc5c(cc42)[nH]c2ccccc25)CCCC3)cc1. The molecular formula is C24H20N2. The quantitative estimate of drug-likeness (QED) is 0.379. The number of rotatable bonds is 1. The van der Waals surface area contributed by atoms with Crippen molar-refractivity contribution in [1.29, 1.82) is 0 Å². The summed E-state index contributed by atoms with van der Waals surface area (Å²) in [6.07, 6.45) is 4.96.